The number of amides is 1. The quantitative estimate of drug-likeness (QED) is 0.301. The van der Waals surface area contributed by atoms with Gasteiger partial charge in [0.15, 0.2) is 12.4 Å². The predicted octanol–water partition coefficient (Wildman–Crippen LogP) is 3.31. The zero-order valence-electron chi connectivity index (χ0n) is 20.1. The molecule has 0 spiro atoms. The standard InChI is InChI=1S/C24H31ClF3N5O3/c1-3-30-21-20(22(34)31-12-5-13-35-29-2)33(15-16-8-10-18(25)11-9-16)23(32-21)36-19-7-4-6-17(14-19)24(26,27)28/h4,6-11,19-20,23,29H,3,5,12-15H2,1-2H3,(H,30,32)(H,31,34). The van der Waals surface area contributed by atoms with Crippen LogP contribution in [0.3, 0.4) is 0 Å². The van der Waals surface area contributed by atoms with E-state index in [0.717, 1.165) is 11.6 Å². The van der Waals surface area contributed by atoms with Crippen LogP contribution in [0.1, 0.15) is 25.3 Å². The largest absolute Gasteiger partial charge is 0.412 e. The van der Waals surface area contributed by atoms with Crippen LogP contribution in [0.25, 0.3) is 0 Å². The molecule has 1 amide bonds. The molecule has 1 heterocycles. The van der Waals surface area contributed by atoms with Crippen molar-refractivity contribution in [3.05, 3.63) is 58.7 Å². The van der Waals surface area contributed by atoms with Crippen LogP contribution in [0, 0.1) is 0 Å². The highest BCUT2D eigenvalue weighted by Crippen LogP contribution is 2.33. The summed E-state index contributed by atoms with van der Waals surface area (Å²) < 4.78 is 45.9. The molecule has 1 fully saturated rings. The molecule has 3 rings (SSSR count). The summed E-state index contributed by atoms with van der Waals surface area (Å²) in [5, 5.41) is 6.57. The molecule has 0 bridgehead atoms. The first-order chi connectivity index (χ1) is 17.2. The van der Waals surface area contributed by atoms with E-state index in [2.05, 4.69) is 21.1 Å². The Morgan fingerprint density at radius 1 is 1.31 bits per heavy atom. The van der Waals surface area contributed by atoms with Crippen molar-refractivity contribution in [1.82, 2.24) is 21.0 Å². The van der Waals surface area contributed by atoms with Gasteiger partial charge >= 0.3 is 6.18 Å². The van der Waals surface area contributed by atoms with Gasteiger partial charge in [-0.05, 0) is 31.0 Å². The van der Waals surface area contributed by atoms with E-state index in [-0.39, 0.29) is 18.9 Å². The molecule has 1 aromatic rings. The maximum Gasteiger partial charge on any atom is 0.412 e. The van der Waals surface area contributed by atoms with Gasteiger partial charge in [-0.2, -0.15) is 13.2 Å². The topological polar surface area (TPSA) is 87.2 Å². The summed E-state index contributed by atoms with van der Waals surface area (Å²) >= 11 is 6.02. The molecule has 12 heteroatoms. The number of amidine groups is 1. The van der Waals surface area contributed by atoms with E-state index in [1.54, 1.807) is 30.2 Å². The fourth-order valence-corrected chi connectivity index (χ4v) is 4.04. The van der Waals surface area contributed by atoms with Crippen molar-refractivity contribution in [3.63, 3.8) is 0 Å². The molecule has 0 aromatic heterocycles. The summed E-state index contributed by atoms with van der Waals surface area (Å²) in [5.41, 5.74) is 2.76. The van der Waals surface area contributed by atoms with Crippen molar-refractivity contribution < 1.29 is 27.5 Å². The van der Waals surface area contributed by atoms with Crippen LogP contribution in [0.15, 0.2) is 53.1 Å². The monoisotopic (exact) mass is 529 g/mol. The number of ether oxygens (including phenoxy) is 1. The van der Waals surface area contributed by atoms with Crippen molar-refractivity contribution in [2.24, 2.45) is 4.99 Å². The highest BCUT2D eigenvalue weighted by atomic mass is 35.5. The molecule has 3 atom stereocenters. The van der Waals surface area contributed by atoms with E-state index >= 15 is 0 Å². The van der Waals surface area contributed by atoms with Gasteiger partial charge in [0, 0.05) is 43.7 Å². The van der Waals surface area contributed by atoms with Gasteiger partial charge in [-0.3, -0.25) is 9.79 Å². The van der Waals surface area contributed by atoms with Gasteiger partial charge in [0.05, 0.1) is 12.7 Å². The highest BCUT2D eigenvalue weighted by molar-refractivity contribution is 6.30. The van der Waals surface area contributed by atoms with Crippen molar-refractivity contribution >= 4 is 23.3 Å². The summed E-state index contributed by atoms with van der Waals surface area (Å²) in [6.45, 7) is 3.31. The lowest BCUT2D eigenvalue weighted by atomic mass is 10.0. The van der Waals surface area contributed by atoms with Crippen molar-refractivity contribution in [2.45, 2.75) is 51.0 Å². The van der Waals surface area contributed by atoms with Gasteiger partial charge < -0.3 is 20.2 Å². The summed E-state index contributed by atoms with van der Waals surface area (Å²) in [6, 6.07) is 6.30. The van der Waals surface area contributed by atoms with E-state index in [1.165, 1.54) is 6.08 Å². The lowest BCUT2D eigenvalue weighted by molar-refractivity contribution is -0.133. The Labute approximate surface area is 213 Å². The Hall–Kier alpha value is -2.44. The fraction of sp³-hybridized carbons (Fsp3) is 0.500. The van der Waals surface area contributed by atoms with E-state index in [9.17, 15) is 18.0 Å². The molecule has 198 valence electrons. The van der Waals surface area contributed by atoms with Crippen molar-refractivity contribution in [2.75, 3.05) is 26.7 Å². The van der Waals surface area contributed by atoms with Gasteiger partial charge in [-0.15, -0.1) is 0 Å². The summed E-state index contributed by atoms with van der Waals surface area (Å²) in [7, 11) is 1.65. The number of nitrogens with one attached hydrogen (secondary N) is 3. The van der Waals surface area contributed by atoms with Gasteiger partial charge in [-0.1, -0.05) is 42.0 Å². The van der Waals surface area contributed by atoms with Gasteiger partial charge in [0.25, 0.3) is 0 Å². The number of aliphatic imine (C=N–C) groups is 1. The number of nitrogens with zero attached hydrogens (tertiary/aromatic N) is 2. The number of halogens is 4. The second-order valence-electron chi connectivity index (χ2n) is 8.21. The summed E-state index contributed by atoms with van der Waals surface area (Å²) in [6.07, 6.45) is -1.93. The number of hydroxylamine groups is 1. The molecule has 1 aliphatic heterocycles. The minimum absolute atomic E-state index is 0.275. The molecule has 3 N–H and O–H groups in total. The average Bonchev–Trinajstić information content (AvgIpc) is 3.16. The molecular formula is C24H31ClF3N5O3. The van der Waals surface area contributed by atoms with Crippen LogP contribution in [0.2, 0.25) is 5.02 Å². The minimum Gasteiger partial charge on any atom is -0.354 e. The number of benzene rings is 1. The molecule has 0 radical (unpaired) electrons. The molecule has 1 aliphatic carbocycles. The van der Waals surface area contributed by atoms with Crippen LogP contribution < -0.4 is 16.1 Å². The first kappa shape index (κ1) is 28.1. The zero-order chi connectivity index (χ0) is 26.1. The summed E-state index contributed by atoms with van der Waals surface area (Å²) in [5.74, 6) is 0.0982. The maximum absolute atomic E-state index is 13.3. The van der Waals surface area contributed by atoms with Crippen LogP contribution in [-0.4, -0.2) is 68.1 Å². The van der Waals surface area contributed by atoms with Gasteiger partial charge in [0.1, 0.15) is 5.84 Å². The molecule has 36 heavy (non-hydrogen) atoms. The average molecular weight is 530 g/mol. The molecule has 0 saturated carbocycles. The molecular weight excluding hydrogens is 499 g/mol. The van der Waals surface area contributed by atoms with E-state index in [4.69, 9.17) is 21.2 Å². The van der Waals surface area contributed by atoms with Gasteiger partial charge in [-0.25, -0.2) is 10.4 Å². The lowest BCUT2D eigenvalue weighted by Gasteiger charge is -2.30. The first-order valence-corrected chi connectivity index (χ1v) is 12.1. The van der Waals surface area contributed by atoms with Crippen molar-refractivity contribution in [3.8, 4) is 0 Å². The summed E-state index contributed by atoms with van der Waals surface area (Å²) in [4.78, 5) is 24.5. The Kier molecular flexibility index (Phi) is 10.3. The van der Waals surface area contributed by atoms with Crippen LogP contribution in [0.4, 0.5) is 13.2 Å². The molecule has 1 aromatic carbocycles. The van der Waals surface area contributed by atoms with E-state index in [1.807, 2.05) is 19.1 Å². The smallest absolute Gasteiger partial charge is 0.354 e. The van der Waals surface area contributed by atoms with Crippen molar-refractivity contribution in [1.29, 1.82) is 0 Å². The highest BCUT2D eigenvalue weighted by Gasteiger charge is 2.44. The van der Waals surface area contributed by atoms with E-state index in [0.29, 0.717) is 37.0 Å². The molecule has 1 saturated heterocycles. The predicted molar refractivity (Wildman–Crippen MR) is 131 cm³/mol. The number of alkyl halides is 3. The Bertz CT molecular complexity index is 969. The van der Waals surface area contributed by atoms with Crippen LogP contribution in [-0.2, 0) is 20.9 Å². The number of rotatable bonds is 11. The van der Waals surface area contributed by atoms with Crippen LogP contribution >= 0.6 is 11.6 Å². The maximum atomic E-state index is 13.3. The number of hydrogen-bond donors (Lipinski definition) is 3. The number of hydrogen-bond acceptors (Lipinski definition) is 6. The van der Waals surface area contributed by atoms with Crippen LogP contribution in [0.5, 0.6) is 0 Å². The fourth-order valence-electron chi connectivity index (χ4n) is 3.92. The Morgan fingerprint density at radius 2 is 2.06 bits per heavy atom. The third-order valence-electron chi connectivity index (χ3n) is 5.60. The number of carbonyl (C=O) groups is 1. The Morgan fingerprint density at radius 3 is 2.72 bits per heavy atom. The third kappa shape index (κ3) is 7.78. The molecule has 8 nitrogen and oxygen atoms in total. The SMILES string of the molecule is CCN=C1NC(OC2C=CC=C(C(F)(F)F)C2)N(Cc2ccc(Cl)cc2)C1C(=O)NCCCONC. The minimum atomic E-state index is -4.44. The zero-order valence-corrected chi connectivity index (χ0v) is 20.9. The second kappa shape index (κ2) is 13.2. The van der Waals surface area contributed by atoms with E-state index < -0.39 is 30.2 Å². The second-order valence-corrected chi connectivity index (χ2v) is 8.64. The van der Waals surface area contributed by atoms with Gasteiger partial charge in [0.2, 0.25) is 5.91 Å². The third-order valence-corrected chi connectivity index (χ3v) is 5.85. The normalized spacial score (nSPS) is 23.6. The number of carbonyl (C=O) groups excluding carboxylic acids is 1. The lowest BCUT2D eigenvalue weighted by Crippen LogP contribution is -2.49. The number of allylic oxidation sites excluding steroid dienone is 2. The first-order valence-electron chi connectivity index (χ1n) is 11.7. The Balaban J connectivity index is 1.81. The molecule has 2 aliphatic rings. The molecule has 3 unspecified atom stereocenters.